The Bertz CT molecular complexity index is 747. The molecule has 1 amide bonds. The summed E-state index contributed by atoms with van der Waals surface area (Å²) in [5.41, 5.74) is 9.28. The van der Waals surface area contributed by atoms with Crippen LogP contribution in [0, 0.1) is 0 Å². The minimum Gasteiger partial charge on any atom is -0.443 e. The Balaban J connectivity index is 1.69. The van der Waals surface area contributed by atoms with Gasteiger partial charge in [0.1, 0.15) is 5.52 Å². The molecule has 0 bridgehead atoms. The van der Waals surface area contributed by atoms with Gasteiger partial charge < -0.3 is 15.5 Å². The Morgan fingerprint density at radius 1 is 1.20 bits per heavy atom. The molecule has 0 radical (unpaired) electrons. The topological polar surface area (TPSA) is 81.2 Å². The van der Waals surface area contributed by atoms with E-state index in [9.17, 15) is 4.79 Å². The summed E-state index contributed by atoms with van der Waals surface area (Å²) in [6.45, 7) is 0.430. The summed E-state index contributed by atoms with van der Waals surface area (Å²) in [6, 6.07) is 12.4. The molecule has 20 heavy (non-hydrogen) atoms. The fourth-order valence-corrected chi connectivity index (χ4v) is 1.93. The third kappa shape index (κ3) is 2.47. The Hall–Kier alpha value is -2.82. The fourth-order valence-electron chi connectivity index (χ4n) is 1.93. The van der Waals surface area contributed by atoms with Crippen LogP contribution < -0.4 is 11.1 Å². The van der Waals surface area contributed by atoms with Gasteiger partial charge in [-0.05, 0) is 42.0 Å². The molecule has 0 unspecified atom stereocenters. The maximum atomic E-state index is 12.0. The molecule has 3 aromatic rings. The highest BCUT2D eigenvalue weighted by molar-refractivity contribution is 5.94. The number of anilines is 1. The highest BCUT2D eigenvalue weighted by atomic mass is 16.3. The van der Waals surface area contributed by atoms with Crippen LogP contribution in [0.5, 0.6) is 0 Å². The normalized spacial score (nSPS) is 10.6. The number of carbonyl (C=O) groups excluding carboxylic acids is 1. The number of amides is 1. The van der Waals surface area contributed by atoms with Gasteiger partial charge >= 0.3 is 0 Å². The van der Waals surface area contributed by atoms with Crippen molar-refractivity contribution in [3.63, 3.8) is 0 Å². The van der Waals surface area contributed by atoms with Crippen LogP contribution >= 0.6 is 0 Å². The van der Waals surface area contributed by atoms with Crippen LogP contribution in [0.3, 0.4) is 0 Å². The van der Waals surface area contributed by atoms with Gasteiger partial charge in [0.05, 0.1) is 0 Å². The lowest BCUT2D eigenvalue weighted by Crippen LogP contribution is -2.22. The maximum absolute atomic E-state index is 12.0. The van der Waals surface area contributed by atoms with Gasteiger partial charge in [0, 0.05) is 17.8 Å². The molecule has 2 aromatic carbocycles. The van der Waals surface area contributed by atoms with Crippen molar-refractivity contribution in [2.75, 3.05) is 5.73 Å². The number of hydrogen-bond acceptors (Lipinski definition) is 4. The Morgan fingerprint density at radius 2 is 2.00 bits per heavy atom. The first-order chi connectivity index (χ1) is 9.72. The smallest absolute Gasteiger partial charge is 0.251 e. The average Bonchev–Trinajstić information content (AvgIpc) is 2.93. The third-order valence-corrected chi connectivity index (χ3v) is 3.02. The van der Waals surface area contributed by atoms with Crippen LogP contribution in [0.1, 0.15) is 15.9 Å². The van der Waals surface area contributed by atoms with Crippen molar-refractivity contribution in [3.8, 4) is 0 Å². The number of aromatic nitrogens is 1. The molecule has 0 saturated heterocycles. The van der Waals surface area contributed by atoms with E-state index in [0.717, 1.165) is 11.1 Å². The fraction of sp³-hybridized carbons (Fsp3) is 0.0667. The molecule has 0 aliphatic rings. The number of nitrogens with zero attached hydrogens (tertiary/aromatic N) is 1. The van der Waals surface area contributed by atoms with Crippen molar-refractivity contribution in [1.29, 1.82) is 0 Å². The van der Waals surface area contributed by atoms with Crippen molar-refractivity contribution in [1.82, 2.24) is 10.3 Å². The summed E-state index contributed by atoms with van der Waals surface area (Å²) in [4.78, 5) is 16.0. The highest BCUT2D eigenvalue weighted by Crippen LogP contribution is 2.14. The minimum absolute atomic E-state index is 0.136. The summed E-state index contributed by atoms with van der Waals surface area (Å²) in [6.07, 6.45) is 1.40. The predicted octanol–water partition coefficient (Wildman–Crippen LogP) is 2.34. The minimum atomic E-state index is -0.136. The van der Waals surface area contributed by atoms with Gasteiger partial charge in [-0.1, -0.05) is 6.07 Å². The van der Waals surface area contributed by atoms with Gasteiger partial charge in [-0.3, -0.25) is 4.79 Å². The van der Waals surface area contributed by atoms with E-state index in [1.54, 1.807) is 24.3 Å². The summed E-state index contributed by atoms with van der Waals surface area (Å²) < 4.78 is 5.23. The number of carbonyl (C=O) groups is 1. The van der Waals surface area contributed by atoms with Crippen LogP contribution in [0.2, 0.25) is 0 Å². The number of rotatable bonds is 3. The van der Waals surface area contributed by atoms with Crippen LogP contribution in [-0.4, -0.2) is 10.9 Å². The lowest BCUT2D eigenvalue weighted by Gasteiger charge is -2.05. The monoisotopic (exact) mass is 267 g/mol. The number of hydrogen-bond donors (Lipinski definition) is 2. The lowest BCUT2D eigenvalue weighted by molar-refractivity contribution is 0.0951. The zero-order valence-electron chi connectivity index (χ0n) is 10.7. The number of fused-ring (bicyclic) bond motifs is 1. The Morgan fingerprint density at radius 3 is 2.80 bits per heavy atom. The molecule has 0 aliphatic heterocycles. The number of nitrogens with one attached hydrogen (secondary N) is 1. The second-order valence-electron chi connectivity index (χ2n) is 4.46. The zero-order chi connectivity index (χ0) is 13.9. The molecule has 1 heterocycles. The first kappa shape index (κ1) is 12.2. The largest absolute Gasteiger partial charge is 0.443 e. The van der Waals surface area contributed by atoms with E-state index in [1.807, 2.05) is 18.2 Å². The maximum Gasteiger partial charge on any atom is 0.251 e. The van der Waals surface area contributed by atoms with E-state index < -0.39 is 0 Å². The van der Waals surface area contributed by atoms with E-state index in [2.05, 4.69) is 10.3 Å². The average molecular weight is 267 g/mol. The summed E-state index contributed by atoms with van der Waals surface area (Å²) >= 11 is 0. The molecule has 0 atom stereocenters. The predicted molar refractivity (Wildman–Crippen MR) is 76.0 cm³/mol. The van der Waals surface area contributed by atoms with Crippen LogP contribution in [0.15, 0.2) is 53.3 Å². The highest BCUT2D eigenvalue weighted by Gasteiger charge is 2.06. The molecule has 0 aliphatic carbocycles. The van der Waals surface area contributed by atoms with Gasteiger partial charge in [0.2, 0.25) is 0 Å². The van der Waals surface area contributed by atoms with Crippen molar-refractivity contribution in [3.05, 3.63) is 60.0 Å². The van der Waals surface area contributed by atoms with E-state index in [4.69, 9.17) is 10.2 Å². The summed E-state index contributed by atoms with van der Waals surface area (Å²) in [5.74, 6) is -0.136. The SMILES string of the molecule is Nc1ccc(C(=O)NCc2ccc3ncoc3c2)cc1. The molecule has 5 nitrogen and oxygen atoms in total. The first-order valence-corrected chi connectivity index (χ1v) is 6.18. The number of oxazole rings is 1. The standard InChI is InChI=1S/C15H13N3O2/c16-12-4-2-11(3-5-12)15(19)17-8-10-1-6-13-14(7-10)20-9-18-13/h1-7,9H,8,16H2,(H,17,19). The second-order valence-corrected chi connectivity index (χ2v) is 4.46. The van der Waals surface area contributed by atoms with Crippen LogP contribution in [-0.2, 0) is 6.54 Å². The lowest BCUT2D eigenvalue weighted by atomic mass is 10.1. The number of benzene rings is 2. The van der Waals surface area contributed by atoms with E-state index in [-0.39, 0.29) is 5.91 Å². The molecule has 0 saturated carbocycles. The van der Waals surface area contributed by atoms with Gasteiger partial charge in [-0.2, -0.15) is 0 Å². The zero-order valence-corrected chi connectivity index (χ0v) is 10.7. The summed E-state index contributed by atoms with van der Waals surface area (Å²) in [7, 11) is 0. The van der Waals surface area contributed by atoms with Gasteiger partial charge in [-0.25, -0.2) is 4.98 Å². The molecule has 1 aromatic heterocycles. The van der Waals surface area contributed by atoms with E-state index in [0.29, 0.717) is 23.4 Å². The van der Waals surface area contributed by atoms with Gasteiger partial charge in [0.25, 0.3) is 5.91 Å². The van der Waals surface area contributed by atoms with Crippen molar-refractivity contribution < 1.29 is 9.21 Å². The first-order valence-electron chi connectivity index (χ1n) is 6.18. The van der Waals surface area contributed by atoms with Gasteiger partial charge in [0.15, 0.2) is 12.0 Å². The number of nitrogen functional groups attached to an aromatic ring is 1. The molecule has 5 heteroatoms. The van der Waals surface area contributed by atoms with E-state index in [1.165, 1.54) is 6.39 Å². The van der Waals surface area contributed by atoms with Crippen LogP contribution in [0.25, 0.3) is 11.1 Å². The Kier molecular flexibility index (Phi) is 3.09. The molecule has 3 N–H and O–H groups in total. The molecule has 0 fully saturated rings. The van der Waals surface area contributed by atoms with Crippen molar-refractivity contribution in [2.45, 2.75) is 6.54 Å². The van der Waals surface area contributed by atoms with E-state index >= 15 is 0 Å². The number of nitrogens with two attached hydrogens (primary N) is 1. The quantitative estimate of drug-likeness (QED) is 0.714. The molecule has 0 spiro atoms. The Labute approximate surface area is 115 Å². The third-order valence-electron chi connectivity index (χ3n) is 3.02. The molecule has 100 valence electrons. The molecule has 3 rings (SSSR count). The van der Waals surface area contributed by atoms with Crippen molar-refractivity contribution in [2.24, 2.45) is 0 Å². The van der Waals surface area contributed by atoms with Gasteiger partial charge in [-0.15, -0.1) is 0 Å². The summed E-state index contributed by atoms with van der Waals surface area (Å²) in [5, 5.41) is 2.85. The molecular formula is C15H13N3O2. The van der Waals surface area contributed by atoms with Crippen molar-refractivity contribution >= 4 is 22.7 Å². The second kappa shape index (κ2) is 5.05. The van der Waals surface area contributed by atoms with Crippen LogP contribution in [0.4, 0.5) is 5.69 Å². The molecular weight excluding hydrogens is 254 g/mol.